The maximum atomic E-state index is 13.2. The van der Waals surface area contributed by atoms with Crippen LogP contribution in [-0.4, -0.2) is 78.7 Å². The molecule has 12 heteroatoms. The van der Waals surface area contributed by atoms with E-state index >= 15 is 0 Å². The lowest BCUT2D eigenvalue weighted by molar-refractivity contribution is -0.142. The van der Waals surface area contributed by atoms with Crippen molar-refractivity contribution in [3.05, 3.63) is 0 Å². The summed E-state index contributed by atoms with van der Waals surface area (Å²) in [5, 5.41) is 7.63. The zero-order valence-corrected chi connectivity index (χ0v) is 30.9. The summed E-state index contributed by atoms with van der Waals surface area (Å²) in [6.07, 6.45) is 13.4. The van der Waals surface area contributed by atoms with Crippen molar-refractivity contribution in [2.45, 2.75) is 144 Å². The van der Waals surface area contributed by atoms with Crippen LogP contribution >= 0.6 is 0 Å². The van der Waals surface area contributed by atoms with E-state index in [0.717, 1.165) is 38.6 Å². The Morgan fingerprint density at radius 2 is 1.54 bits per heavy atom. The number of nitrogens with one attached hydrogen (secondary N) is 3. The fraction of sp³-hybridized carbons (Fsp3) is 0.833. The molecule has 0 aromatic heterocycles. The van der Waals surface area contributed by atoms with E-state index in [9.17, 15) is 28.8 Å². The average molecular weight is 680 g/mol. The highest BCUT2D eigenvalue weighted by Crippen LogP contribution is 2.31. The molecule has 12 nitrogen and oxygen atoms in total. The number of ketones is 1. The number of ether oxygens (including phenoxy) is 1. The molecule has 3 rings (SSSR count). The van der Waals surface area contributed by atoms with Gasteiger partial charge in [-0.25, -0.2) is 4.79 Å². The van der Waals surface area contributed by atoms with Crippen LogP contribution in [0, 0.1) is 29.1 Å². The average Bonchev–Trinajstić information content (AvgIpc) is 3.46. The quantitative estimate of drug-likeness (QED) is 0.112. The van der Waals surface area contributed by atoms with E-state index < -0.39 is 41.2 Å². The summed E-state index contributed by atoms with van der Waals surface area (Å²) in [7, 11) is 0. The zero-order valence-electron chi connectivity index (χ0n) is 30.9. The Labute approximate surface area is 288 Å². The van der Waals surface area contributed by atoms with E-state index in [0.29, 0.717) is 43.1 Å². The number of carbonyl (C=O) groups is 6. The van der Waals surface area contributed by atoms with Gasteiger partial charge in [-0.1, -0.05) is 93.4 Å². The van der Waals surface area contributed by atoms with Crippen LogP contribution in [0.15, 0.2) is 0 Å². The Kier molecular flexibility index (Phi) is 19.4. The van der Waals surface area contributed by atoms with E-state index in [1.165, 1.54) is 32.1 Å². The summed E-state index contributed by atoms with van der Waals surface area (Å²) >= 11 is 0. The van der Waals surface area contributed by atoms with E-state index in [4.69, 9.17) is 10.5 Å². The van der Waals surface area contributed by atoms with Gasteiger partial charge in [0.1, 0.15) is 12.6 Å². The van der Waals surface area contributed by atoms with Crippen molar-refractivity contribution in [2.75, 3.05) is 19.7 Å². The fourth-order valence-electron chi connectivity index (χ4n) is 5.90. The Hall–Kier alpha value is -3.18. The molecule has 5 N–H and O–H groups in total. The number of rotatable bonds is 15. The standard InChI is InChI=1S/C21H37N3O4.C10H18N2O3.C5H10/c1-13(2)16-9-14(3)24(11-16)19(26)18(21(4,5)6)23-20(27)22-10-17(25)28-12-15-7-8-15;1-3-7(4-2)5-8(12-6-13)9(14)10(11)15;1-2-4-5-3-1/h13-16,18H,7-12H2,1-6H3,(H2,22,23,27);6-8H,3-5H2,1-2H3,(H2,11,15)(H,12,13);1-5H2. The second-order valence-corrected chi connectivity index (χ2v) is 15.1. The molecule has 2 aliphatic carbocycles. The van der Waals surface area contributed by atoms with Gasteiger partial charge in [-0.05, 0) is 61.7 Å². The first-order valence-corrected chi connectivity index (χ1v) is 18.1. The summed E-state index contributed by atoms with van der Waals surface area (Å²) in [6, 6.07) is -1.80. The third-order valence-corrected chi connectivity index (χ3v) is 9.59. The molecule has 4 unspecified atom stereocenters. The van der Waals surface area contributed by atoms with E-state index in [1.54, 1.807) is 0 Å². The lowest BCUT2D eigenvalue weighted by atomic mass is 9.85. The summed E-state index contributed by atoms with van der Waals surface area (Å²) < 4.78 is 5.11. The lowest BCUT2D eigenvalue weighted by Crippen LogP contribution is -2.57. The number of Topliss-reactive ketones (excluding diaryl/α,β-unsaturated/α-hetero) is 1. The second kappa shape index (κ2) is 21.7. The van der Waals surface area contributed by atoms with Crippen molar-refractivity contribution in [1.82, 2.24) is 20.9 Å². The molecule has 0 aromatic rings. The van der Waals surface area contributed by atoms with Gasteiger partial charge < -0.3 is 31.3 Å². The number of amides is 5. The number of hydrogen-bond donors (Lipinski definition) is 4. The van der Waals surface area contributed by atoms with Crippen LogP contribution in [0.4, 0.5) is 4.79 Å². The molecule has 0 radical (unpaired) electrons. The van der Waals surface area contributed by atoms with Crippen LogP contribution in [0.25, 0.3) is 0 Å². The number of primary amides is 1. The van der Waals surface area contributed by atoms with Crippen molar-refractivity contribution in [1.29, 1.82) is 0 Å². The number of nitrogens with zero attached hydrogens (tertiary/aromatic N) is 1. The predicted molar refractivity (Wildman–Crippen MR) is 187 cm³/mol. The van der Waals surface area contributed by atoms with Crippen LogP contribution in [0.1, 0.15) is 126 Å². The van der Waals surface area contributed by atoms with Crippen LogP contribution in [-0.2, 0) is 28.7 Å². The first-order valence-electron chi connectivity index (χ1n) is 18.1. The molecule has 5 amide bonds. The van der Waals surface area contributed by atoms with Crippen molar-refractivity contribution in [3.63, 3.8) is 0 Å². The Bertz CT molecular complexity index is 1020. The van der Waals surface area contributed by atoms with Crippen molar-refractivity contribution in [2.24, 2.45) is 34.8 Å². The number of carbonyl (C=O) groups excluding carboxylic acids is 6. The van der Waals surface area contributed by atoms with Gasteiger partial charge in [0, 0.05) is 12.6 Å². The fourth-order valence-corrected chi connectivity index (χ4v) is 5.90. The van der Waals surface area contributed by atoms with Crippen LogP contribution in [0.5, 0.6) is 0 Å². The number of nitrogens with two attached hydrogens (primary N) is 1. The lowest BCUT2D eigenvalue weighted by Gasteiger charge is -2.35. The Balaban J connectivity index is 0.000000478. The van der Waals surface area contributed by atoms with E-state index in [2.05, 4.69) is 36.7 Å². The van der Waals surface area contributed by atoms with Crippen LogP contribution < -0.4 is 21.7 Å². The van der Waals surface area contributed by atoms with Crippen molar-refractivity contribution < 1.29 is 33.5 Å². The number of hydrogen-bond acceptors (Lipinski definition) is 7. The van der Waals surface area contributed by atoms with E-state index in [-0.39, 0.29) is 18.5 Å². The number of esters is 1. The monoisotopic (exact) mass is 679 g/mol. The zero-order chi connectivity index (χ0) is 36.4. The third kappa shape index (κ3) is 16.3. The highest BCUT2D eigenvalue weighted by atomic mass is 16.5. The molecular formula is C36H65N5O7. The van der Waals surface area contributed by atoms with E-state index in [1.807, 2.05) is 39.5 Å². The summed E-state index contributed by atoms with van der Waals surface area (Å²) in [4.78, 5) is 71.4. The molecule has 1 aliphatic heterocycles. The molecule has 1 heterocycles. The molecule has 0 aromatic carbocycles. The van der Waals surface area contributed by atoms with Gasteiger partial charge in [0.05, 0.1) is 12.6 Å². The van der Waals surface area contributed by atoms with Crippen LogP contribution in [0.3, 0.4) is 0 Å². The normalized spacial score (nSPS) is 20.0. The smallest absolute Gasteiger partial charge is 0.325 e. The van der Waals surface area contributed by atoms with Gasteiger partial charge in [-0.3, -0.25) is 24.0 Å². The van der Waals surface area contributed by atoms with Crippen molar-refractivity contribution >= 4 is 36.0 Å². The van der Waals surface area contributed by atoms with Gasteiger partial charge in [-0.2, -0.15) is 0 Å². The molecule has 0 bridgehead atoms. The molecule has 48 heavy (non-hydrogen) atoms. The predicted octanol–water partition coefficient (Wildman–Crippen LogP) is 4.48. The molecule has 4 atom stereocenters. The number of urea groups is 1. The molecular weight excluding hydrogens is 614 g/mol. The minimum atomic E-state index is -1.000. The third-order valence-electron chi connectivity index (χ3n) is 9.59. The first kappa shape index (κ1) is 42.8. The van der Waals surface area contributed by atoms with Gasteiger partial charge in [0.2, 0.25) is 18.1 Å². The number of likely N-dealkylation sites (tertiary alicyclic amines) is 1. The second-order valence-electron chi connectivity index (χ2n) is 15.1. The van der Waals surface area contributed by atoms with Gasteiger partial charge in [-0.15, -0.1) is 0 Å². The topological polar surface area (TPSA) is 177 Å². The maximum Gasteiger partial charge on any atom is 0.325 e. The van der Waals surface area contributed by atoms with Crippen LogP contribution in [0.2, 0.25) is 0 Å². The largest absolute Gasteiger partial charge is 0.464 e. The Morgan fingerprint density at radius 3 is 1.96 bits per heavy atom. The summed E-state index contributed by atoms with van der Waals surface area (Å²) in [5.74, 6) is -0.443. The maximum absolute atomic E-state index is 13.2. The summed E-state index contributed by atoms with van der Waals surface area (Å²) in [6.45, 7) is 17.2. The highest BCUT2D eigenvalue weighted by Gasteiger charge is 2.41. The molecule has 0 spiro atoms. The first-order chi connectivity index (χ1) is 22.5. The molecule has 3 aliphatic rings. The minimum Gasteiger partial charge on any atom is -0.464 e. The highest BCUT2D eigenvalue weighted by molar-refractivity contribution is 6.37. The van der Waals surface area contributed by atoms with Crippen molar-refractivity contribution in [3.8, 4) is 0 Å². The molecule has 3 fully saturated rings. The minimum absolute atomic E-state index is 0.0605. The van der Waals surface area contributed by atoms with Gasteiger partial charge in [0.15, 0.2) is 0 Å². The molecule has 2 saturated carbocycles. The SMILES string of the molecule is C1CCCC1.CC(C)C1CC(C)N(C(=O)C(NC(=O)NCC(=O)OCC2CC2)C(C)(C)C)C1.CCC(CC)CC(NC=O)C(=O)C(N)=O. The molecule has 276 valence electrons. The Morgan fingerprint density at radius 1 is 0.979 bits per heavy atom. The van der Waals surface area contributed by atoms with Gasteiger partial charge >= 0.3 is 12.0 Å². The van der Waals surface area contributed by atoms with Gasteiger partial charge in [0.25, 0.3) is 5.91 Å². The molecule has 1 saturated heterocycles. The summed E-state index contributed by atoms with van der Waals surface area (Å²) in [5.41, 5.74) is 4.43.